The van der Waals surface area contributed by atoms with Crippen molar-refractivity contribution in [3.8, 4) is 10.6 Å². The maximum atomic E-state index is 12.0. The molecule has 3 heterocycles. The summed E-state index contributed by atoms with van der Waals surface area (Å²) in [7, 11) is 0. The quantitative estimate of drug-likeness (QED) is 0.749. The molecule has 0 aromatic carbocycles. The first-order chi connectivity index (χ1) is 11.2. The van der Waals surface area contributed by atoms with Gasteiger partial charge in [0, 0.05) is 42.5 Å². The highest BCUT2D eigenvalue weighted by molar-refractivity contribution is 7.13. The Balaban J connectivity index is 1.54. The van der Waals surface area contributed by atoms with Crippen molar-refractivity contribution in [1.82, 2.24) is 20.3 Å². The van der Waals surface area contributed by atoms with Crippen molar-refractivity contribution in [3.63, 3.8) is 0 Å². The zero-order valence-corrected chi connectivity index (χ0v) is 13.1. The van der Waals surface area contributed by atoms with E-state index in [1.54, 1.807) is 35.9 Å². The van der Waals surface area contributed by atoms with Gasteiger partial charge in [-0.1, -0.05) is 0 Å². The van der Waals surface area contributed by atoms with Crippen molar-refractivity contribution >= 4 is 23.1 Å². The molecule has 7 heteroatoms. The lowest BCUT2D eigenvalue weighted by Gasteiger charge is -2.03. The molecular weight excluding hydrogens is 310 g/mol. The summed E-state index contributed by atoms with van der Waals surface area (Å²) in [5, 5.41) is 5.78. The fourth-order valence-corrected chi connectivity index (χ4v) is 2.83. The summed E-state index contributed by atoms with van der Waals surface area (Å²) in [6.45, 7) is 0.513. The molecule has 3 aromatic heterocycles. The molecule has 0 unspecified atom stereocenters. The molecule has 3 rings (SSSR count). The molecule has 0 atom stereocenters. The summed E-state index contributed by atoms with van der Waals surface area (Å²) in [5.41, 5.74) is 7.94. The Hall–Kier alpha value is -2.80. The molecule has 0 fully saturated rings. The van der Waals surface area contributed by atoms with Crippen LogP contribution in [0.15, 0.2) is 48.2 Å². The van der Waals surface area contributed by atoms with Gasteiger partial charge in [0.2, 0.25) is 0 Å². The number of nitrogen functional groups attached to an aromatic ring is 1. The number of aromatic nitrogens is 3. The van der Waals surface area contributed by atoms with Crippen LogP contribution in [-0.2, 0) is 6.42 Å². The minimum Gasteiger partial charge on any atom is -0.384 e. The van der Waals surface area contributed by atoms with Crippen LogP contribution < -0.4 is 11.1 Å². The number of nitrogens with one attached hydrogen (secondary N) is 1. The lowest BCUT2D eigenvalue weighted by atomic mass is 10.2. The minimum absolute atomic E-state index is 0.166. The summed E-state index contributed by atoms with van der Waals surface area (Å²) in [6, 6.07) is 7.12. The number of hydrogen-bond acceptors (Lipinski definition) is 6. The Morgan fingerprint density at radius 3 is 2.91 bits per heavy atom. The second kappa shape index (κ2) is 6.97. The largest absolute Gasteiger partial charge is 0.384 e. The Kier molecular flexibility index (Phi) is 4.58. The first-order valence-electron chi connectivity index (χ1n) is 7.07. The maximum absolute atomic E-state index is 12.0. The van der Waals surface area contributed by atoms with E-state index in [0.717, 1.165) is 16.3 Å². The van der Waals surface area contributed by atoms with Crippen LogP contribution in [0.4, 0.5) is 5.82 Å². The molecule has 0 bridgehead atoms. The predicted octanol–water partition coefficient (Wildman–Crippen LogP) is 2.15. The Morgan fingerprint density at radius 1 is 1.26 bits per heavy atom. The average molecular weight is 325 g/mol. The molecule has 0 spiro atoms. The van der Waals surface area contributed by atoms with E-state index in [1.807, 2.05) is 17.5 Å². The molecular formula is C16H15N5OS. The SMILES string of the molecule is Nc1ccc(C(=O)NCCc2csc(-c3cccnc3)n2)cn1. The van der Waals surface area contributed by atoms with Crippen molar-refractivity contribution in [2.75, 3.05) is 12.3 Å². The third-order valence-corrected chi connectivity index (χ3v) is 4.12. The number of nitrogens with two attached hydrogens (primary N) is 1. The Morgan fingerprint density at radius 2 is 2.17 bits per heavy atom. The standard InChI is InChI=1S/C16H15N5OS/c17-14-4-3-11(9-20-14)15(22)19-7-5-13-10-23-16(21-13)12-2-1-6-18-8-12/h1-4,6,8-10H,5,7H2,(H2,17,20)(H,19,22). The lowest BCUT2D eigenvalue weighted by Crippen LogP contribution is -2.25. The summed E-state index contributed by atoms with van der Waals surface area (Å²) >= 11 is 1.57. The van der Waals surface area contributed by atoms with E-state index in [4.69, 9.17) is 5.73 Å². The second-order valence-electron chi connectivity index (χ2n) is 4.86. The molecule has 0 aliphatic carbocycles. The number of rotatable bonds is 5. The number of carbonyl (C=O) groups is 1. The van der Waals surface area contributed by atoms with E-state index in [2.05, 4.69) is 20.3 Å². The molecule has 0 aliphatic rings. The third-order valence-electron chi connectivity index (χ3n) is 3.18. The number of hydrogen-bond donors (Lipinski definition) is 2. The first kappa shape index (κ1) is 15.1. The fourth-order valence-electron chi connectivity index (χ4n) is 1.99. The van der Waals surface area contributed by atoms with Crippen LogP contribution in [0.3, 0.4) is 0 Å². The van der Waals surface area contributed by atoms with Crippen LogP contribution in [0, 0.1) is 0 Å². The van der Waals surface area contributed by atoms with Crippen molar-refractivity contribution in [1.29, 1.82) is 0 Å². The minimum atomic E-state index is -0.166. The van der Waals surface area contributed by atoms with Gasteiger partial charge in [-0.2, -0.15) is 0 Å². The second-order valence-corrected chi connectivity index (χ2v) is 5.72. The van der Waals surface area contributed by atoms with Crippen LogP contribution in [0.25, 0.3) is 10.6 Å². The lowest BCUT2D eigenvalue weighted by molar-refractivity contribution is 0.0954. The molecule has 116 valence electrons. The topological polar surface area (TPSA) is 93.8 Å². The number of amides is 1. The zero-order valence-electron chi connectivity index (χ0n) is 12.3. The highest BCUT2D eigenvalue weighted by atomic mass is 32.1. The summed E-state index contributed by atoms with van der Waals surface area (Å²) < 4.78 is 0. The van der Waals surface area contributed by atoms with Gasteiger partial charge in [-0.3, -0.25) is 9.78 Å². The molecule has 1 amide bonds. The molecule has 6 nitrogen and oxygen atoms in total. The predicted molar refractivity (Wildman–Crippen MR) is 90.0 cm³/mol. The van der Waals surface area contributed by atoms with Gasteiger partial charge in [-0.15, -0.1) is 11.3 Å². The van der Waals surface area contributed by atoms with Crippen LogP contribution >= 0.6 is 11.3 Å². The van der Waals surface area contributed by atoms with Crippen molar-refractivity contribution in [2.45, 2.75) is 6.42 Å². The van der Waals surface area contributed by atoms with Crippen molar-refractivity contribution < 1.29 is 4.79 Å². The van der Waals surface area contributed by atoms with Crippen LogP contribution in [0.2, 0.25) is 0 Å². The smallest absolute Gasteiger partial charge is 0.252 e. The number of carbonyl (C=O) groups excluding carboxylic acids is 1. The summed E-state index contributed by atoms with van der Waals surface area (Å²) in [5.74, 6) is 0.229. The highest BCUT2D eigenvalue weighted by Crippen LogP contribution is 2.22. The average Bonchev–Trinajstić information content (AvgIpc) is 3.05. The normalized spacial score (nSPS) is 10.4. The van der Waals surface area contributed by atoms with Gasteiger partial charge in [-0.05, 0) is 24.3 Å². The van der Waals surface area contributed by atoms with Crippen molar-refractivity contribution in [3.05, 3.63) is 59.5 Å². The maximum Gasteiger partial charge on any atom is 0.252 e. The van der Waals surface area contributed by atoms with Gasteiger partial charge in [0.15, 0.2) is 0 Å². The molecule has 3 N–H and O–H groups in total. The molecule has 0 saturated carbocycles. The van der Waals surface area contributed by atoms with Gasteiger partial charge in [-0.25, -0.2) is 9.97 Å². The summed E-state index contributed by atoms with van der Waals surface area (Å²) in [4.78, 5) is 24.5. The molecule has 0 saturated heterocycles. The van der Waals surface area contributed by atoms with E-state index in [1.165, 1.54) is 6.20 Å². The molecule has 0 radical (unpaired) electrons. The zero-order chi connectivity index (χ0) is 16.1. The molecule has 0 aliphatic heterocycles. The first-order valence-corrected chi connectivity index (χ1v) is 7.95. The fraction of sp³-hybridized carbons (Fsp3) is 0.125. The van der Waals surface area contributed by atoms with Gasteiger partial charge in [0.1, 0.15) is 10.8 Å². The monoisotopic (exact) mass is 325 g/mol. The molecule has 23 heavy (non-hydrogen) atoms. The number of nitrogens with zero attached hydrogens (tertiary/aromatic N) is 3. The Labute approximate surface area is 137 Å². The number of anilines is 1. The summed E-state index contributed by atoms with van der Waals surface area (Å²) in [6.07, 6.45) is 5.66. The van der Waals surface area contributed by atoms with Crippen molar-refractivity contribution in [2.24, 2.45) is 0 Å². The van der Waals surface area contributed by atoms with Crippen LogP contribution in [0.5, 0.6) is 0 Å². The van der Waals surface area contributed by atoms with E-state index in [9.17, 15) is 4.79 Å². The van der Waals surface area contributed by atoms with Gasteiger partial charge in [0.05, 0.1) is 11.3 Å². The molecule has 3 aromatic rings. The van der Waals surface area contributed by atoms with Gasteiger partial charge < -0.3 is 11.1 Å². The van der Waals surface area contributed by atoms with Crippen LogP contribution in [-0.4, -0.2) is 27.4 Å². The van der Waals surface area contributed by atoms with Gasteiger partial charge >= 0.3 is 0 Å². The number of pyridine rings is 2. The third kappa shape index (κ3) is 3.89. The van der Waals surface area contributed by atoms with E-state index in [0.29, 0.717) is 24.3 Å². The van der Waals surface area contributed by atoms with Crippen LogP contribution in [0.1, 0.15) is 16.1 Å². The van der Waals surface area contributed by atoms with E-state index in [-0.39, 0.29) is 5.91 Å². The van der Waals surface area contributed by atoms with E-state index >= 15 is 0 Å². The highest BCUT2D eigenvalue weighted by Gasteiger charge is 2.07. The Bertz CT molecular complexity index is 786. The number of thiazole rings is 1. The van der Waals surface area contributed by atoms with E-state index < -0.39 is 0 Å². The van der Waals surface area contributed by atoms with Gasteiger partial charge in [0.25, 0.3) is 5.91 Å².